The van der Waals surface area contributed by atoms with Crippen molar-refractivity contribution < 1.29 is 36.6 Å². The minimum absolute atomic E-state index is 0.105. The maximum atomic E-state index is 12.4. The summed E-state index contributed by atoms with van der Waals surface area (Å²) in [4.78, 5) is 11.5. The van der Waals surface area contributed by atoms with E-state index in [-0.39, 0.29) is 23.6 Å². The van der Waals surface area contributed by atoms with Crippen LogP contribution in [0.2, 0.25) is 0 Å². The molecule has 23 heavy (non-hydrogen) atoms. The summed E-state index contributed by atoms with van der Waals surface area (Å²) < 4.78 is 62.1. The number of alkyl halides is 4. The molecule has 0 fully saturated rings. The van der Waals surface area contributed by atoms with Crippen molar-refractivity contribution in [2.45, 2.75) is 13.2 Å². The summed E-state index contributed by atoms with van der Waals surface area (Å²) in [5.41, 5.74) is 0.105. The number of benzene rings is 1. The molecule has 0 aromatic heterocycles. The number of carbonyl (C=O) groups is 1. The van der Waals surface area contributed by atoms with Gasteiger partial charge in [-0.2, -0.15) is 17.6 Å². The van der Waals surface area contributed by atoms with Crippen LogP contribution in [0.3, 0.4) is 0 Å². The van der Waals surface area contributed by atoms with Crippen molar-refractivity contribution in [3.63, 3.8) is 0 Å². The zero-order valence-electron chi connectivity index (χ0n) is 12.1. The first-order chi connectivity index (χ1) is 10.9. The Labute approximate surface area is 129 Å². The number of nitrogens with one attached hydrogen (secondary N) is 1. The van der Waals surface area contributed by atoms with E-state index in [0.29, 0.717) is 6.61 Å². The molecule has 0 atom stereocenters. The van der Waals surface area contributed by atoms with Crippen LogP contribution >= 0.6 is 0 Å². The van der Waals surface area contributed by atoms with Gasteiger partial charge in [0, 0.05) is 31.4 Å². The number of hydrogen-bond donors (Lipinski definition) is 1. The van der Waals surface area contributed by atoms with E-state index in [9.17, 15) is 22.4 Å². The van der Waals surface area contributed by atoms with E-state index in [1.165, 1.54) is 19.3 Å². The minimum Gasteiger partial charge on any atom is -0.435 e. The highest BCUT2D eigenvalue weighted by Gasteiger charge is 2.12. The first-order valence-corrected chi connectivity index (χ1v) is 6.41. The molecule has 128 valence electrons. The zero-order valence-corrected chi connectivity index (χ0v) is 12.1. The maximum absolute atomic E-state index is 12.4. The Hall–Kier alpha value is -2.29. The molecular formula is C14H15F4NO4. The van der Waals surface area contributed by atoms with Gasteiger partial charge in [0.05, 0.1) is 6.61 Å². The van der Waals surface area contributed by atoms with Crippen LogP contribution in [0.1, 0.15) is 5.56 Å². The highest BCUT2D eigenvalue weighted by molar-refractivity contribution is 5.92. The lowest BCUT2D eigenvalue weighted by atomic mass is 10.1. The molecule has 0 aliphatic heterocycles. The smallest absolute Gasteiger partial charge is 0.387 e. The van der Waals surface area contributed by atoms with E-state index in [1.54, 1.807) is 0 Å². The predicted molar refractivity (Wildman–Crippen MR) is 73.6 cm³/mol. The second-order valence-electron chi connectivity index (χ2n) is 4.07. The Morgan fingerprint density at radius 2 is 1.91 bits per heavy atom. The summed E-state index contributed by atoms with van der Waals surface area (Å²) in [5.74, 6) is -1.20. The van der Waals surface area contributed by atoms with Gasteiger partial charge < -0.3 is 19.5 Å². The van der Waals surface area contributed by atoms with Gasteiger partial charge in [-0.05, 0) is 18.2 Å². The monoisotopic (exact) mass is 337 g/mol. The fourth-order valence-corrected chi connectivity index (χ4v) is 1.53. The summed E-state index contributed by atoms with van der Waals surface area (Å²) in [6.45, 7) is -5.65. The maximum Gasteiger partial charge on any atom is 0.387 e. The second-order valence-corrected chi connectivity index (χ2v) is 4.07. The van der Waals surface area contributed by atoms with Crippen LogP contribution < -0.4 is 14.8 Å². The molecule has 5 nitrogen and oxygen atoms in total. The second kappa shape index (κ2) is 9.67. The summed E-state index contributed by atoms with van der Waals surface area (Å²) in [6, 6.07) is 3.25. The van der Waals surface area contributed by atoms with Crippen LogP contribution in [0.5, 0.6) is 11.5 Å². The first-order valence-electron chi connectivity index (χ1n) is 6.41. The standard InChI is InChI=1S/C14H15F4NO4/c1-21-7-6-19-12(20)5-3-9-2-4-10(22-13(15)16)8-11(9)23-14(17)18/h2-5,8,13-14H,6-7H2,1H3,(H,19,20)/b5-3+. The van der Waals surface area contributed by atoms with Gasteiger partial charge in [0.25, 0.3) is 0 Å². The highest BCUT2D eigenvalue weighted by Crippen LogP contribution is 2.28. The Bertz CT molecular complexity index is 538. The predicted octanol–water partition coefficient (Wildman–Crippen LogP) is 2.67. The lowest BCUT2D eigenvalue weighted by Crippen LogP contribution is -2.24. The third-order valence-electron chi connectivity index (χ3n) is 2.45. The molecular weight excluding hydrogens is 322 g/mol. The Kier molecular flexibility index (Phi) is 7.89. The van der Waals surface area contributed by atoms with Gasteiger partial charge in [0.1, 0.15) is 11.5 Å². The average Bonchev–Trinajstić information content (AvgIpc) is 2.45. The topological polar surface area (TPSA) is 56.8 Å². The van der Waals surface area contributed by atoms with E-state index < -0.39 is 19.1 Å². The number of amides is 1. The molecule has 0 radical (unpaired) electrons. The zero-order chi connectivity index (χ0) is 17.2. The number of carbonyl (C=O) groups excluding carboxylic acids is 1. The summed E-state index contributed by atoms with van der Waals surface area (Å²) in [7, 11) is 1.47. The van der Waals surface area contributed by atoms with Gasteiger partial charge in [-0.3, -0.25) is 4.79 Å². The number of methoxy groups -OCH3 is 1. The number of rotatable bonds is 9. The molecule has 0 aliphatic carbocycles. The van der Waals surface area contributed by atoms with Gasteiger partial charge in [-0.1, -0.05) is 0 Å². The van der Waals surface area contributed by atoms with Crippen LogP contribution in [0.25, 0.3) is 6.08 Å². The van der Waals surface area contributed by atoms with Crippen molar-refractivity contribution in [3.05, 3.63) is 29.8 Å². The van der Waals surface area contributed by atoms with E-state index >= 15 is 0 Å². The van der Waals surface area contributed by atoms with Crippen LogP contribution in [-0.2, 0) is 9.53 Å². The SMILES string of the molecule is COCCNC(=O)/C=C/c1ccc(OC(F)F)cc1OC(F)F. The van der Waals surface area contributed by atoms with Crippen molar-refractivity contribution in [1.82, 2.24) is 5.32 Å². The molecule has 1 N–H and O–H groups in total. The fraction of sp³-hybridized carbons (Fsp3) is 0.357. The molecule has 1 rings (SSSR count). The number of hydrogen-bond acceptors (Lipinski definition) is 4. The third-order valence-corrected chi connectivity index (χ3v) is 2.45. The van der Waals surface area contributed by atoms with Gasteiger partial charge in [0.15, 0.2) is 0 Å². The molecule has 0 spiro atoms. The minimum atomic E-state index is -3.15. The summed E-state index contributed by atoms with van der Waals surface area (Å²) >= 11 is 0. The Balaban J connectivity index is 2.84. The first kappa shape index (κ1) is 18.8. The van der Waals surface area contributed by atoms with E-state index in [1.807, 2.05) is 0 Å². The van der Waals surface area contributed by atoms with Crippen molar-refractivity contribution >= 4 is 12.0 Å². The molecule has 0 saturated carbocycles. The number of ether oxygens (including phenoxy) is 3. The van der Waals surface area contributed by atoms with Crippen LogP contribution in [0, 0.1) is 0 Å². The molecule has 0 unspecified atom stereocenters. The third kappa shape index (κ3) is 7.50. The van der Waals surface area contributed by atoms with Crippen molar-refractivity contribution in [3.8, 4) is 11.5 Å². The lowest BCUT2D eigenvalue weighted by Gasteiger charge is -2.11. The fourth-order valence-electron chi connectivity index (χ4n) is 1.53. The Morgan fingerprint density at radius 1 is 1.22 bits per heavy atom. The molecule has 0 heterocycles. The van der Waals surface area contributed by atoms with E-state index in [0.717, 1.165) is 18.2 Å². The normalized spacial score (nSPS) is 11.3. The van der Waals surface area contributed by atoms with Crippen molar-refractivity contribution in [1.29, 1.82) is 0 Å². The molecule has 0 saturated heterocycles. The number of halogens is 4. The van der Waals surface area contributed by atoms with Crippen LogP contribution in [0.15, 0.2) is 24.3 Å². The molecule has 1 aromatic rings. The summed E-state index contributed by atoms with van der Waals surface area (Å²) in [6.07, 6.45) is 2.31. The largest absolute Gasteiger partial charge is 0.435 e. The highest BCUT2D eigenvalue weighted by atomic mass is 19.3. The van der Waals surface area contributed by atoms with Crippen molar-refractivity contribution in [2.75, 3.05) is 20.3 Å². The van der Waals surface area contributed by atoms with Crippen LogP contribution in [-0.4, -0.2) is 39.4 Å². The lowest BCUT2D eigenvalue weighted by molar-refractivity contribution is -0.116. The van der Waals surface area contributed by atoms with Gasteiger partial charge >= 0.3 is 13.2 Å². The van der Waals surface area contributed by atoms with E-state index in [4.69, 9.17) is 4.74 Å². The molecule has 1 aromatic carbocycles. The molecule has 0 bridgehead atoms. The molecule has 1 amide bonds. The summed E-state index contributed by atoms with van der Waals surface area (Å²) in [5, 5.41) is 2.49. The molecule has 0 aliphatic rings. The Morgan fingerprint density at radius 3 is 2.52 bits per heavy atom. The van der Waals surface area contributed by atoms with Crippen molar-refractivity contribution in [2.24, 2.45) is 0 Å². The average molecular weight is 337 g/mol. The van der Waals surface area contributed by atoms with Crippen LogP contribution in [0.4, 0.5) is 17.6 Å². The molecule has 9 heteroatoms. The van der Waals surface area contributed by atoms with Gasteiger partial charge in [0.2, 0.25) is 5.91 Å². The van der Waals surface area contributed by atoms with Gasteiger partial charge in [-0.15, -0.1) is 0 Å². The van der Waals surface area contributed by atoms with Gasteiger partial charge in [-0.25, -0.2) is 0 Å². The quantitative estimate of drug-likeness (QED) is 0.428. The van der Waals surface area contributed by atoms with E-state index in [2.05, 4.69) is 14.8 Å².